The molecule has 0 fully saturated rings. The molecule has 2 aromatic rings. The van der Waals surface area contributed by atoms with Gasteiger partial charge in [0, 0.05) is 19.3 Å². The number of hydrogen-bond acceptors (Lipinski definition) is 3. The van der Waals surface area contributed by atoms with Gasteiger partial charge in [-0.3, -0.25) is 4.79 Å². The van der Waals surface area contributed by atoms with Crippen LogP contribution in [0.4, 0.5) is 0 Å². The second-order valence-electron chi connectivity index (χ2n) is 10.6. The number of hydrogen-bond donors (Lipinski definition) is 2. The summed E-state index contributed by atoms with van der Waals surface area (Å²) >= 11 is 0. The number of aliphatic hydroxyl groups excluding tert-OH is 1. The van der Waals surface area contributed by atoms with Gasteiger partial charge in [-0.15, -0.1) is 0 Å². The zero-order valence-electron chi connectivity index (χ0n) is 21.6. The Morgan fingerprint density at radius 1 is 0.706 bits per heavy atom. The quantitative estimate of drug-likeness (QED) is 0.188. The van der Waals surface area contributed by atoms with Crippen LogP contribution >= 0.6 is 0 Å². The number of rotatable bonds is 17. The molecular weight excluding hydrogens is 420 g/mol. The fraction of sp³-hybridized carbons (Fsp3) is 0.581. The molecule has 0 saturated carbocycles. The Morgan fingerprint density at radius 2 is 1.15 bits per heavy atom. The molecule has 0 aliphatic heterocycles. The van der Waals surface area contributed by atoms with Crippen LogP contribution in [0.5, 0.6) is 0 Å². The predicted octanol–water partition coefficient (Wildman–Crippen LogP) is 7.48. The predicted molar refractivity (Wildman–Crippen MR) is 142 cm³/mol. The molecule has 34 heavy (non-hydrogen) atoms. The summed E-state index contributed by atoms with van der Waals surface area (Å²) in [5.41, 5.74) is 2.54. The topological polar surface area (TPSA) is 57.5 Å². The molecule has 2 aromatic carbocycles. The summed E-state index contributed by atoms with van der Waals surface area (Å²) in [7, 11) is 0. The Bertz CT molecular complexity index is 817. The standard InChI is InChI=1S/C31H46O3/c1-4-30(2,26-17-9-5-10-18-26)23-15-7-13-21-28(32)22-14-8-16-24-31(3,25-29(33)34)27-19-11-6-12-20-27/h5-6,9-12,17-20,29,33-34H,4,7-8,13-16,21-25H2,1-3H3. The number of carbonyl (C=O) groups is 1. The lowest BCUT2D eigenvalue weighted by Crippen LogP contribution is -2.28. The summed E-state index contributed by atoms with van der Waals surface area (Å²) in [5, 5.41) is 19.1. The molecular formula is C31H46O3. The first-order chi connectivity index (χ1) is 16.3. The number of aliphatic hydroxyl groups is 2. The first kappa shape index (κ1) is 28.3. The van der Waals surface area contributed by atoms with Crippen molar-refractivity contribution < 1.29 is 15.0 Å². The second-order valence-corrected chi connectivity index (χ2v) is 10.6. The fourth-order valence-electron chi connectivity index (χ4n) is 5.13. The van der Waals surface area contributed by atoms with Crippen LogP contribution in [0.2, 0.25) is 0 Å². The van der Waals surface area contributed by atoms with Crippen molar-refractivity contribution in [2.24, 2.45) is 0 Å². The third kappa shape index (κ3) is 9.35. The highest BCUT2D eigenvalue weighted by Gasteiger charge is 2.28. The summed E-state index contributed by atoms with van der Waals surface area (Å²) in [6.07, 6.45) is 9.78. The molecule has 0 amide bonds. The Kier molecular flexibility index (Phi) is 12.0. The van der Waals surface area contributed by atoms with Gasteiger partial charge in [0.1, 0.15) is 5.78 Å². The molecule has 3 heteroatoms. The molecule has 188 valence electrons. The normalized spacial score (nSPS) is 15.1. The van der Waals surface area contributed by atoms with Gasteiger partial charge in [-0.25, -0.2) is 0 Å². The van der Waals surface area contributed by atoms with Crippen molar-refractivity contribution in [3.05, 3.63) is 71.8 Å². The van der Waals surface area contributed by atoms with E-state index in [2.05, 4.69) is 63.2 Å². The molecule has 2 N–H and O–H groups in total. The van der Waals surface area contributed by atoms with E-state index in [1.807, 2.05) is 18.2 Å². The lowest BCUT2D eigenvalue weighted by Gasteiger charge is -2.31. The van der Waals surface area contributed by atoms with Crippen LogP contribution in [0, 0.1) is 0 Å². The largest absolute Gasteiger partial charge is 0.368 e. The number of benzene rings is 2. The lowest BCUT2D eigenvalue weighted by molar-refractivity contribution is -0.119. The third-order valence-electron chi connectivity index (χ3n) is 7.72. The van der Waals surface area contributed by atoms with Crippen LogP contribution in [0.25, 0.3) is 0 Å². The van der Waals surface area contributed by atoms with Gasteiger partial charge < -0.3 is 10.2 Å². The van der Waals surface area contributed by atoms with Crippen molar-refractivity contribution in [3.8, 4) is 0 Å². The van der Waals surface area contributed by atoms with Crippen molar-refractivity contribution >= 4 is 5.78 Å². The maximum Gasteiger partial charge on any atom is 0.152 e. The zero-order chi connectivity index (χ0) is 24.9. The Balaban J connectivity index is 1.62. The van der Waals surface area contributed by atoms with Gasteiger partial charge in [0.2, 0.25) is 0 Å². The highest BCUT2D eigenvalue weighted by molar-refractivity contribution is 5.78. The average molecular weight is 467 g/mol. The fourth-order valence-corrected chi connectivity index (χ4v) is 5.13. The average Bonchev–Trinajstić information content (AvgIpc) is 2.84. The van der Waals surface area contributed by atoms with Crippen molar-refractivity contribution in [1.29, 1.82) is 0 Å². The number of unbranched alkanes of at least 4 members (excludes halogenated alkanes) is 4. The Morgan fingerprint density at radius 3 is 1.59 bits per heavy atom. The molecule has 0 aliphatic rings. The van der Waals surface area contributed by atoms with Crippen LogP contribution in [0.3, 0.4) is 0 Å². The van der Waals surface area contributed by atoms with E-state index in [1.54, 1.807) is 0 Å². The molecule has 0 aliphatic carbocycles. The molecule has 0 saturated heterocycles. The van der Waals surface area contributed by atoms with Crippen molar-refractivity contribution in [2.45, 2.75) is 115 Å². The minimum atomic E-state index is -1.31. The number of carbonyl (C=O) groups excluding carboxylic acids is 1. The third-order valence-corrected chi connectivity index (χ3v) is 7.72. The van der Waals surface area contributed by atoms with Gasteiger partial charge in [-0.2, -0.15) is 0 Å². The minimum Gasteiger partial charge on any atom is -0.368 e. The van der Waals surface area contributed by atoms with E-state index >= 15 is 0 Å². The SMILES string of the molecule is CCC(C)(CCCCCC(=O)CCCCCC(C)(CC(O)O)c1ccccc1)c1ccccc1. The summed E-state index contributed by atoms with van der Waals surface area (Å²) in [6.45, 7) is 6.73. The van der Waals surface area contributed by atoms with E-state index in [0.29, 0.717) is 25.0 Å². The van der Waals surface area contributed by atoms with E-state index in [4.69, 9.17) is 0 Å². The first-order valence-corrected chi connectivity index (χ1v) is 13.3. The molecule has 2 atom stereocenters. The van der Waals surface area contributed by atoms with E-state index in [9.17, 15) is 15.0 Å². The molecule has 0 radical (unpaired) electrons. The van der Waals surface area contributed by atoms with Gasteiger partial charge in [0.25, 0.3) is 0 Å². The smallest absolute Gasteiger partial charge is 0.152 e. The maximum atomic E-state index is 12.3. The summed E-state index contributed by atoms with van der Waals surface area (Å²) in [4.78, 5) is 12.3. The van der Waals surface area contributed by atoms with Crippen LogP contribution in [0.15, 0.2) is 60.7 Å². The first-order valence-electron chi connectivity index (χ1n) is 13.3. The zero-order valence-corrected chi connectivity index (χ0v) is 21.6. The summed E-state index contributed by atoms with van der Waals surface area (Å²) in [5.74, 6) is 0.387. The van der Waals surface area contributed by atoms with Crippen LogP contribution in [-0.2, 0) is 15.6 Å². The van der Waals surface area contributed by atoms with Crippen LogP contribution in [0.1, 0.15) is 109 Å². The molecule has 0 heterocycles. The van der Waals surface area contributed by atoms with Gasteiger partial charge in [0.05, 0.1) is 0 Å². The molecule has 2 rings (SSSR count). The molecule has 3 nitrogen and oxygen atoms in total. The number of Topliss-reactive ketones (excluding diaryl/α,β-unsaturated/α-hetero) is 1. The molecule has 0 spiro atoms. The molecule has 0 aromatic heterocycles. The van der Waals surface area contributed by atoms with E-state index in [1.165, 1.54) is 18.4 Å². The second kappa shape index (κ2) is 14.4. The van der Waals surface area contributed by atoms with Gasteiger partial charge in [-0.1, -0.05) is 107 Å². The van der Waals surface area contributed by atoms with E-state index in [-0.39, 0.29) is 10.8 Å². The summed E-state index contributed by atoms with van der Waals surface area (Å²) in [6, 6.07) is 20.9. The number of ketones is 1. The van der Waals surface area contributed by atoms with Crippen molar-refractivity contribution in [3.63, 3.8) is 0 Å². The Hall–Kier alpha value is -1.97. The van der Waals surface area contributed by atoms with Crippen LogP contribution in [-0.4, -0.2) is 22.3 Å². The molecule has 2 unspecified atom stereocenters. The van der Waals surface area contributed by atoms with Crippen molar-refractivity contribution in [1.82, 2.24) is 0 Å². The van der Waals surface area contributed by atoms with Gasteiger partial charge in [-0.05, 0) is 54.1 Å². The van der Waals surface area contributed by atoms with Crippen LogP contribution < -0.4 is 0 Å². The minimum absolute atomic E-state index is 0.228. The van der Waals surface area contributed by atoms with Crippen molar-refractivity contribution in [2.75, 3.05) is 0 Å². The monoisotopic (exact) mass is 466 g/mol. The van der Waals surface area contributed by atoms with Gasteiger partial charge >= 0.3 is 0 Å². The van der Waals surface area contributed by atoms with Gasteiger partial charge in [0.15, 0.2) is 6.29 Å². The molecule has 0 bridgehead atoms. The highest BCUT2D eigenvalue weighted by Crippen LogP contribution is 2.35. The Labute approximate surface area is 207 Å². The maximum absolute atomic E-state index is 12.3. The van der Waals surface area contributed by atoms with E-state index in [0.717, 1.165) is 50.5 Å². The highest BCUT2D eigenvalue weighted by atomic mass is 16.5. The summed E-state index contributed by atoms with van der Waals surface area (Å²) < 4.78 is 0. The van der Waals surface area contributed by atoms with E-state index < -0.39 is 6.29 Å². The lowest BCUT2D eigenvalue weighted by atomic mass is 9.75.